The van der Waals surface area contributed by atoms with E-state index in [1.165, 1.54) is 18.2 Å². The number of carbonyl (C=O) groups is 1. The molecule has 1 aromatic rings. The van der Waals surface area contributed by atoms with E-state index in [2.05, 4.69) is 0 Å². The number of nitriles is 1. The van der Waals surface area contributed by atoms with E-state index in [1.807, 2.05) is 10.8 Å². The van der Waals surface area contributed by atoms with Crippen LogP contribution in [0.1, 0.15) is 18.4 Å². The normalized spacial score (nSPS) is 14.2. The lowest BCUT2D eigenvalue weighted by atomic mass is 10.2. The zero-order chi connectivity index (χ0) is 16.9. The maximum Gasteiger partial charge on any atom is 0.412 e. The number of ether oxygens (including phenoxy) is 2. The van der Waals surface area contributed by atoms with Crippen molar-refractivity contribution in [1.82, 2.24) is 4.90 Å². The van der Waals surface area contributed by atoms with Crippen molar-refractivity contribution < 1.29 is 22.7 Å². The third kappa shape index (κ3) is 4.73. The van der Waals surface area contributed by atoms with Gasteiger partial charge in [0.05, 0.1) is 5.69 Å². The Morgan fingerprint density at radius 2 is 2.09 bits per heavy atom. The zero-order valence-electron chi connectivity index (χ0n) is 12.2. The minimum atomic E-state index is -4.02. The fourth-order valence-corrected chi connectivity index (χ4v) is 2.62. The predicted molar refractivity (Wildman–Crippen MR) is 80.7 cm³/mol. The van der Waals surface area contributed by atoms with Crippen LogP contribution >= 0.6 is 0 Å². The van der Waals surface area contributed by atoms with Gasteiger partial charge in [0.25, 0.3) is 10.2 Å². The van der Waals surface area contributed by atoms with E-state index in [4.69, 9.17) is 19.9 Å². The molecule has 1 saturated heterocycles. The molecule has 0 bridgehead atoms. The minimum Gasteiger partial charge on any atom is -0.456 e. The fourth-order valence-electron chi connectivity index (χ4n) is 2.14. The van der Waals surface area contributed by atoms with Gasteiger partial charge < -0.3 is 14.4 Å². The zero-order valence-corrected chi connectivity index (χ0v) is 13.0. The summed E-state index contributed by atoms with van der Waals surface area (Å²) in [5, 5.41) is 14.0. The molecule has 1 aliphatic rings. The average Bonchev–Trinajstić information content (AvgIpc) is 3.00. The van der Waals surface area contributed by atoms with Crippen LogP contribution in [0.2, 0.25) is 0 Å². The summed E-state index contributed by atoms with van der Waals surface area (Å²) in [7, 11) is -4.02. The number of benzene rings is 1. The summed E-state index contributed by atoms with van der Waals surface area (Å²) in [6.07, 6.45) is 1.39. The van der Waals surface area contributed by atoms with E-state index in [9.17, 15) is 13.2 Å². The van der Waals surface area contributed by atoms with Gasteiger partial charge in [-0.1, -0.05) is 6.07 Å². The van der Waals surface area contributed by atoms with Crippen molar-refractivity contribution in [3.05, 3.63) is 23.8 Å². The number of amides is 1. The van der Waals surface area contributed by atoms with Crippen LogP contribution in [0.4, 0.5) is 10.5 Å². The SMILES string of the molecule is N#Cc1c(NS(N)(=O)=O)cccc1OCOC(=O)N1CCCC1. The molecule has 10 heteroatoms. The van der Waals surface area contributed by atoms with Gasteiger partial charge in [-0.15, -0.1) is 0 Å². The van der Waals surface area contributed by atoms with Crippen molar-refractivity contribution >= 4 is 22.0 Å². The highest BCUT2D eigenvalue weighted by molar-refractivity contribution is 7.90. The Kier molecular flexibility index (Phi) is 5.25. The number of carbonyl (C=O) groups excluding carboxylic acids is 1. The predicted octanol–water partition coefficient (Wildman–Crippen LogP) is 0.742. The van der Waals surface area contributed by atoms with Gasteiger partial charge in [-0.3, -0.25) is 4.72 Å². The maximum absolute atomic E-state index is 11.7. The molecule has 0 aromatic heterocycles. The lowest BCUT2D eigenvalue weighted by Crippen LogP contribution is -2.29. The molecule has 0 unspecified atom stereocenters. The Morgan fingerprint density at radius 1 is 1.39 bits per heavy atom. The number of likely N-dealkylation sites (tertiary alicyclic amines) is 1. The topological polar surface area (TPSA) is 135 Å². The molecule has 124 valence electrons. The summed E-state index contributed by atoms with van der Waals surface area (Å²) in [4.78, 5) is 13.3. The van der Waals surface area contributed by atoms with Gasteiger partial charge in [-0.25, -0.2) is 9.93 Å². The van der Waals surface area contributed by atoms with Gasteiger partial charge in [-0.2, -0.15) is 13.7 Å². The van der Waals surface area contributed by atoms with E-state index in [0.717, 1.165) is 12.8 Å². The molecule has 0 aliphatic carbocycles. The Labute approximate surface area is 133 Å². The van der Waals surface area contributed by atoms with Crippen LogP contribution in [0.25, 0.3) is 0 Å². The Bertz CT molecular complexity index is 722. The lowest BCUT2D eigenvalue weighted by molar-refractivity contribution is 0.0390. The second-order valence-corrected chi connectivity index (χ2v) is 6.10. The van der Waals surface area contributed by atoms with E-state index < -0.39 is 16.3 Å². The number of nitrogens with one attached hydrogen (secondary N) is 1. The summed E-state index contributed by atoms with van der Waals surface area (Å²) >= 11 is 0. The first kappa shape index (κ1) is 16.9. The number of rotatable bonds is 5. The van der Waals surface area contributed by atoms with E-state index in [1.54, 1.807) is 4.90 Å². The molecule has 23 heavy (non-hydrogen) atoms. The molecule has 1 aromatic carbocycles. The van der Waals surface area contributed by atoms with Crippen LogP contribution < -0.4 is 14.6 Å². The largest absolute Gasteiger partial charge is 0.456 e. The quantitative estimate of drug-likeness (QED) is 0.759. The molecular weight excluding hydrogens is 324 g/mol. The van der Waals surface area contributed by atoms with Crippen LogP contribution in [-0.4, -0.2) is 39.3 Å². The molecule has 3 N–H and O–H groups in total. The van der Waals surface area contributed by atoms with Crippen LogP contribution in [0, 0.1) is 11.3 Å². The summed E-state index contributed by atoms with van der Waals surface area (Å²) in [5.74, 6) is 0.0790. The number of anilines is 1. The van der Waals surface area contributed by atoms with Crippen molar-refractivity contribution in [2.45, 2.75) is 12.8 Å². The van der Waals surface area contributed by atoms with E-state index in [0.29, 0.717) is 13.1 Å². The molecular formula is C13H16N4O5S. The van der Waals surface area contributed by atoms with Gasteiger partial charge in [0.1, 0.15) is 17.4 Å². The Balaban J connectivity index is 2.01. The Morgan fingerprint density at radius 3 is 2.70 bits per heavy atom. The van der Waals surface area contributed by atoms with Crippen molar-refractivity contribution in [3.63, 3.8) is 0 Å². The second kappa shape index (κ2) is 7.17. The smallest absolute Gasteiger partial charge is 0.412 e. The lowest BCUT2D eigenvalue weighted by Gasteiger charge is -2.16. The van der Waals surface area contributed by atoms with Crippen LogP contribution in [0.15, 0.2) is 18.2 Å². The van der Waals surface area contributed by atoms with E-state index >= 15 is 0 Å². The van der Waals surface area contributed by atoms with Gasteiger partial charge in [0.15, 0.2) is 0 Å². The minimum absolute atomic E-state index is 0.0154. The molecule has 1 heterocycles. The number of hydrogen-bond acceptors (Lipinski definition) is 6. The highest BCUT2D eigenvalue weighted by Crippen LogP contribution is 2.26. The maximum atomic E-state index is 11.7. The fraction of sp³-hybridized carbons (Fsp3) is 0.385. The molecule has 2 rings (SSSR count). The summed E-state index contributed by atoms with van der Waals surface area (Å²) in [6, 6.07) is 6.12. The second-order valence-electron chi connectivity index (χ2n) is 4.80. The van der Waals surface area contributed by atoms with Crippen LogP contribution in [-0.2, 0) is 14.9 Å². The standard InChI is InChI=1S/C13H16N4O5S/c14-8-10-11(16-23(15,19)20)4-3-5-12(10)21-9-22-13(18)17-6-1-2-7-17/h3-5,16H,1-2,6-7,9H2,(H2,15,19,20). The summed E-state index contributed by atoms with van der Waals surface area (Å²) < 4.78 is 34.4. The molecule has 0 radical (unpaired) electrons. The molecule has 0 saturated carbocycles. The first-order chi connectivity index (χ1) is 10.9. The van der Waals surface area contributed by atoms with Crippen LogP contribution in [0.3, 0.4) is 0 Å². The third-order valence-corrected chi connectivity index (χ3v) is 3.66. The van der Waals surface area contributed by atoms with E-state index in [-0.39, 0.29) is 23.8 Å². The molecule has 1 amide bonds. The number of hydrogen-bond donors (Lipinski definition) is 2. The Hall–Kier alpha value is -2.51. The highest BCUT2D eigenvalue weighted by atomic mass is 32.2. The van der Waals surface area contributed by atoms with Crippen molar-refractivity contribution in [2.24, 2.45) is 5.14 Å². The monoisotopic (exact) mass is 340 g/mol. The molecule has 0 atom stereocenters. The first-order valence-corrected chi connectivity index (χ1v) is 8.33. The van der Waals surface area contributed by atoms with Crippen molar-refractivity contribution in [3.8, 4) is 11.8 Å². The molecule has 1 aliphatic heterocycles. The number of nitrogens with zero attached hydrogens (tertiary/aromatic N) is 2. The number of nitrogens with two attached hydrogens (primary N) is 1. The van der Waals surface area contributed by atoms with Crippen molar-refractivity contribution in [1.29, 1.82) is 5.26 Å². The molecule has 0 spiro atoms. The van der Waals surface area contributed by atoms with Gasteiger partial charge in [0.2, 0.25) is 6.79 Å². The van der Waals surface area contributed by atoms with Gasteiger partial charge in [0, 0.05) is 13.1 Å². The van der Waals surface area contributed by atoms with Crippen LogP contribution in [0.5, 0.6) is 5.75 Å². The third-order valence-electron chi connectivity index (χ3n) is 3.15. The molecule has 1 fully saturated rings. The summed E-state index contributed by atoms with van der Waals surface area (Å²) in [6.45, 7) is 0.912. The average molecular weight is 340 g/mol. The van der Waals surface area contributed by atoms with Gasteiger partial charge in [-0.05, 0) is 25.0 Å². The van der Waals surface area contributed by atoms with Crippen molar-refractivity contribution in [2.75, 3.05) is 24.6 Å². The first-order valence-electron chi connectivity index (χ1n) is 6.79. The summed E-state index contributed by atoms with van der Waals surface area (Å²) in [5.41, 5.74) is -0.0721. The van der Waals surface area contributed by atoms with Gasteiger partial charge >= 0.3 is 6.09 Å². The molecule has 9 nitrogen and oxygen atoms in total. The highest BCUT2D eigenvalue weighted by Gasteiger charge is 2.19.